The van der Waals surface area contributed by atoms with Crippen LogP contribution >= 0.6 is 0 Å². The van der Waals surface area contributed by atoms with Gasteiger partial charge in [0, 0.05) is 13.7 Å². The molecule has 4 nitrogen and oxygen atoms in total. The molecule has 1 amide bonds. The van der Waals surface area contributed by atoms with Gasteiger partial charge in [0.15, 0.2) is 0 Å². The van der Waals surface area contributed by atoms with Gasteiger partial charge >= 0.3 is 0 Å². The van der Waals surface area contributed by atoms with Crippen molar-refractivity contribution in [2.45, 2.75) is 45.6 Å². The zero-order valence-electron chi connectivity index (χ0n) is 12.4. The largest absolute Gasteiger partial charge is 0.381 e. The molecule has 0 saturated heterocycles. The molecule has 0 aliphatic heterocycles. The minimum atomic E-state index is 0.228. The Balaban J connectivity index is 3.55. The molecule has 0 bridgehead atoms. The number of methoxy groups -OCH3 is 1. The lowest BCUT2D eigenvalue weighted by atomic mass is 10.0. The summed E-state index contributed by atoms with van der Waals surface area (Å²) in [7, 11) is 1.72. The molecule has 2 unspecified atom stereocenters. The third-order valence-electron chi connectivity index (χ3n) is 3.00. The Bertz CT molecular complexity index is 270. The third-order valence-corrected chi connectivity index (χ3v) is 3.00. The van der Waals surface area contributed by atoms with Crippen molar-refractivity contribution in [2.75, 3.05) is 26.9 Å². The van der Waals surface area contributed by atoms with Crippen LogP contribution < -0.4 is 5.32 Å². The van der Waals surface area contributed by atoms with Crippen LogP contribution in [0.15, 0.2) is 0 Å². The second-order valence-corrected chi connectivity index (χ2v) is 4.70. The predicted molar refractivity (Wildman–Crippen MR) is 76.8 cm³/mol. The Morgan fingerprint density at radius 1 is 1.32 bits per heavy atom. The zero-order valence-corrected chi connectivity index (χ0v) is 12.4. The Morgan fingerprint density at radius 2 is 2.11 bits per heavy atom. The number of hydrogen-bond acceptors (Lipinski definition) is 3. The van der Waals surface area contributed by atoms with Crippen molar-refractivity contribution >= 4 is 6.41 Å². The highest BCUT2D eigenvalue weighted by molar-refractivity contribution is 5.45. The van der Waals surface area contributed by atoms with Gasteiger partial charge in [-0.3, -0.25) is 4.79 Å². The minimum Gasteiger partial charge on any atom is -0.381 e. The number of amides is 1. The lowest BCUT2D eigenvalue weighted by molar-refractivity contribution is -0.109. The summed E-state index contributed by atoms with van der Waals surface area (Å²) in [5, 5.41) is 2.66. The topological polar surface area (TPSA) is 47.6 Å². The predicted octanol–water partition coefficient (Wildman–Crippen LogP) is 1.98. The minimum absolute atomic E-state index is 0.228. The summed E-state index contributed by atoms with van der Waals surface area (Å²) in [6.45, 7) is 5.97. The molecule has 1 N–H and O–H groups in total. The van der Waals surface area contributed by atoms with Crippen molar-refractivity contribution in [3.8, 4) is 11.8 Å². The molecule has 4 heteroatoms. The molecule has 0 heterocycles. The molecular weight excluding hydrogens is 242 g/mol. The zero-order chi connectivity index (χ0) is 14.3. The van der Waals surface area contributed by atoms with Crippen molar-refractivity contribution in [3.63, 3.8) is 0 Å². The monoisotopic (exact) mass is 269 g/mol. The number of carbonyl (C=O) groups excluding carboxylic acids is 1. The van der Waals surface area contributed by atoms with Gasteiger partial charge in [-0.2, -0.15) is 0 Å². The average molecular weight is 269 g/mol. The molecule has 0 fully saturated rings. The van der Waals surface area contributed by atoms with Crippen LogP contribution in [0.2, 0.25) is 0 Å². The standard InChI is InChI=1S/C15H27NO3/c1-4-5-11-19-12-14(2)7-6-8-15(18-3)9-10-16-13-17/h13-15H,6-12H2,1-3H3,(H,16,17). The Morgan fingerprint density at radius 3 is 2.74 bits per heavy atom. The summed E-state index contributed by atoms with van der Waals surface area (Å²) in [5.41, 5.74) is 0. The Kier molecular flexibility index (Phi) is 12.6. The number of ether oxygens (including phenoxy) is 2. The summed E-state index contributed by atoms with van der Waals surface area (Å²) >= 11 is 0. The van der Waals surface area contributed by atoms with Gasteiger partial charge in [-0.1, -0.05) is 19.3 Å². The van der Waals surface area contributed by atoms with E-state index in [0.29, 0.717) is 19.1 Å². The highest BCUT2D eigenvalue weighted by atomic mass is 16.5. The van der Waals surface area contributed by atoms with E-state index < -0.39 is 0 Å². The molecule has 110 valence electrons. The normalized spacial score (nSPS) is 13.2. The second kappa shape index (κ2) is 13.4. The van der Waals surface area contributed by atoms with Crippen molar-refractivity contribution in [3.05, 3.63) is 0 Å². The third kappa shape index (κ3) is 11.8. The molecule has 0 spiro atoms. The van der Waals surface area contributed by atoms with E-state index >= 15 is 0 Å². The molecule has 0 aliphatic carbocycles. The quantitative estimate of drug-likeness (QED) is 0.335. The highest BCUT2D eigenvalue weighted by Crippen LogP contribution is 2.13. The van der Waals surface area contributed by atoms with E-state index in [1.165, 1.54) is 0 Å². The van der Waals surface area contributed by atoms with Crippen LogP contribution in [0.4, 0.5) is 0 Å². The smallest absolute Gasteiger partial charge is 0.207 e. The van der Waals surface area contributed by atoms with Gasteiger partial charge in [0.25, 0.3) is 0 Å². The fraction of sp³-hybridized carbons (Fsp3) is 0.800. The van der Waals surface area contributed by atoms with E-state index in [-0.39, 0.29) is 6.10 Å². The summed E-state index contributed by atoms with van der Waals surface area (Å²) in [5.74, 6) is 6.24. The number of rotatable bonds is 12. The first-order valence-corrected chi connectivity index (χ1v) is 6.91. The van der Waals surface area contributed by atoms with E-state index in [4.69, 9.17) is 9.47 Å². The van der Waals surface area contributed by atoms with Gasteiger partial charge < -0.3 is 14.8 Å². The average Bonchev–Trinajstić information content (AvgIpc) is 2.42. The van der Waals surface area contributed by atoms with E-state index in [2.05, 4.69) is 24.1 Å². The first kappa shape index (κ1) is 17.9. The van der Waals surface area contributed by atoms with Crippen molar-refractivity contribution in [1.82, 2.24) is 5.32 Å². The van der Waals surface area contributed by atoms with Gasteiger partial charge in [-0.25, -0.2) is 0 Å². The molecule has 0 saturated carbocycles. The van der Waals surface area contributed by atoms with Gasteiger partial charge in [0.2, 0.25) is 6.41 Å². The van der Waals surface area contributed by atoms with Crippen LogP contribution in [0.5, 0.6) is 0 Å². The SMILES string of the molecule is CC#CCOCC(C)CCCC(CCNC=O)OC. The number of nitrogens with one attached hydrogen (secondary N) is 1. The summed E-state index contributed by atoms with van der Waals surface area (Å²) in [6, 6.07) is 0. The Labute approximate surface area is 117 Å². The summed E-state index contributed by atoms with van der Waals surface area (Å²) in [4.78, 5) is 10.1. The van der Waals surface area contributed by atoms with Crippen molar-refractivity contribution in [1.29, 1.82) is 0 Å². The molecule has 0 aromatic carbocycles. The van der Waals surface area contributed by atoms with Crippen molar-refractivity contribution in [2.24, 2.45) is 5.92 Å². The fourth-order valence-corrected chi connectivity index (χ4v) is 1.84. The van der Waals surface area contributed by atoms with Crippen LogP contribution in [0.3, 0.4) is 0 Å². The lowest BCUT2D eigenvalue weighted by Crippen LogP contribution is -2.20. The van der Waals surface area contributed by atoms with Gasteiger partial charge in [-0.05, 0) is 32.1 Å². The number of hydrogen-bond donors (Lipinski definition) is 1. The van der Waals surface area contributed by atoms with Gasteiger partial charge in [0.1, 0.15) is 6.61 Å². The first-order valence-electron chi connectivity index (χ1n) is 6.91. The van der Waals surface area contributed by atoms with Crippen LogP contribution in [-0.2, 0) is 14.3 Å². The molecule has 0 aromatic heterocycles. The molecule has 0 aliphatic rings. The maximum Gasteiger partial charge on any atom is 0.207 e. The summed E-state index contributed by atoms with van der Waals surface area (Å²) in [6.07, 6.45) is 5.09. The van der Waals surface area contributed by atoms with Crippen LogP contribution in [0, 0.1) is 17.8 Å². The first-order chi connectivity index (χ1) is 9.24. The Hall–Kier alpha value is -1.05. The molecule has 0 radical (unpaired) electrons. The number of carbonyl (C=O) groups is 1. The van der Waals surface area contributed by atoms with Crippen LogP contribution in [0.1, 0.15) is 39.5 Å². The van der Waals surface area contributed by atoms with E-state index in [1.807, 2.05) is 6.92 Å². The highest BCUT2D eigenvalue weighted by Gasteiger charge is 2.08. The maximum atomic E-state index is 10.1. The van der Waals surface area contributed by atoms with Crippen LogP contribution in [-0.4, -0.2) is 39.4 Å². The molecule has 19 heavy (non-hydrogen) atoms. The molecule has 0 aromatic rings. The molecule has 2 atom stereocenters. The molecular formula is C15H27NO3. The molecule has 0 rings (SSSR count). The van der Waals surface area contributed by atoms with E-state index in [9.17, 15) is 4.79 Å². The fourth-order valence-electron chi connectivity index (χ4n) is 1.84. The lowest BCUT2D eigenvalue weighted by Gasteiger charge is -2.16. The van der Waals surface area contributed by atoms with Gasteiger partial charge in [-0.15, -0.1) is 5.92 Å². The summed E-state index contributed by atoms with van der Waals surface area (Å²) < 4.78 is 10.8. The van der Waals surface area contributed by atoms with Crippen molar-refractivity contribution < 1.29 is 14.3 Å². The van der Waals surface area contributed by atoms with E-state index in [0.717, 1.165) is 38.7 Å². The van der Waals surface area contributed by atoms with E-state index in [1.54, 1.807) is 7.11 Å². The maximum absolute atomic E-state index is 10.1. The second-order valence-electron chi connectivity index (χ2n) is 4.70. The van der Waals surface area contributed by atoms with Crippen LogP contribution in [0.25, 0.3) is 0 Å². The van der Waals surface area contributed by atoms with Gasteiger partial charge in [0.05, 0.1) is 12.7 Å².